The van der Waals surface area contributed by atoms with Crippen molar-refractivity contribution in [2.75, 3.05) is 5.32 Å². The minimum Gasteiger partial charge on any atom is -0.480 e. The molecule has 2 amide bonds. The fraction of sp³-hybridized carbons (Fsp3) is 0.500. The van der Waals surface area contributed by atoms with E-state index in [4.69, 9.17) is 0 Å². The van der Waals surface area contributed by atoms with Gasteiger partial charge in [0.15, 0.2) is 0 Å². The van der Waals surface area contributed by atoms with Crippen molar-refractivity contribution in [1.29, 1.82) is 0 Å². The highest BCUT2D eigenvalue weighted by Crippen LogP contribution is 2.18. The van der Waals surface area contributed by atoms with E-state index < -0.39 is 17.5 Å². The van der Waals surface area contributed by atoms with E-state index in [1.165, 1.54) is 5.56 Å². The van der Waals surface area contributed by atoms with Gasteiger partial charge in [-0.15, -0.1) is 0 Å². The van der Waals surface area contributed by atoms with E-state index in [2.05, 4.69) is 24.5 Å². The van der Waals surface area contributed by atoms with Gasteiger partial charge in [0, 0.05) is 5.69 Å². The zero-order valence-corrected chi connectivity index (χ0v) is 13.1. The van der Waals surface area contributed by atoms with Crippen LogP contribution in [-0.4, -0.2) is 22.6 Å². The van der Waals surface area contributed by atoms with E-state index in [1.807, 2.05) is 24.3 Å². The van der Waals surface area contributed by atoms with E-state index >= 15 is 0 Å². The molecule has 0 saturated heterocycles. The fourth-order valence-electron chi connectivity index (χ4n) is 2.11. The predicted molar refractivity (Wildman–Crippen MR) is 83.6 cm³/mol. The molecule has 0 aliphatic carbocycles. The third kappa shape index (κ3) is 4.21. The van der Waals surface area contributed by atoms with Crippen molar-refractivity contribution in [1.82, 2.24) is 5.32 Å². The normalized spacial score (nSPS) is 11.3. The molecule has 1 aromatic carbocycles. The van der Waals surface area contributed by atoms with E-state index in [9.17, 15) is 14.7 Å². The van der Waals surface area contributed by atoms with Gasteiger partial charge in [-0.05, 0) is 36.5 Å². The summed E-state index contributed by atoms with van der Waals surface area (Å²) in [6, 6.07) is 7.03. The average molecular weight is 292 g/mol. The fourth-order valence-corrected chi connectivity index (χ4v) is 2.11. The molecule has 0 radical (unpaired) electrons. The van der Waals surface area contributed by atoms with E-state index in [-0.39, 0.29) is 0 Å². The number of amides is 2. The Kier molecular flexibility index (Phi) is 5.76. The smallest absolute Gasteiger partial charge is 0.329 e. The van der Waals surface area contributed by atoms with Crippen LogP contribution in [0.2, 0.25) is 0 Å². The first-order valence-electron chi connectivity index (χ1n) is 7.27. The first kappa shape index (κ1) is 17.0. The van der Waals surface area contributed by atoms with Gasteiger partial charge < -0.3 is 15.7 Å². The molecule has 0 aliphatic rings. The van der Waals surface area contributed by atoms with Crippen LogP contribution in [0.3, 0.4) is 0 Å². The summed E-state index contributed by atoms with van der Waals surface area (Å²) >= 11 is 0. The lowest BCUT2D eigenvalue weighted by molar-refractivity contribution is -0.144. The number of benzene rings is 1. The van der Waals surface area contributed by atoms with Crippen molar-refractivity contribution in [2.24, 2.45) is 0 Å². The Labute approximate surface area is 125 Å². The molecule has 3 N–H and O–H groups in total. The Morgan fingerprint density at radius 3 is 2.05 bits per heavy atom. The molecule has 0 atom stereocenters. The highest BCUT2D eigenvalue weighted by Gasteiger charge is 2.36. The van der Waals surface area contributed by atoms with Crippen molar-refractivity contribution < 1.29 is 14.7 Å². The molecule has 1 aromatic rings. The molecule has 21 heavy (non-hydrogen) atoms. The lowest BCUT2D eigenvalue weighted by Crippen LogP contribution is -2.54. The summed E-state index contributed by atoms with van der Waals surface area (Å²) in [6.07, 6.45) is 0.664. The monoisotopic (exact) mass is 292 g/mol. The van der Waals surface area contributed by atoms with Gasteiger partial charge >= 0.3 is 12.0 Å². The number of carboxylic acid groups (broad SMARTS) is 1. The highest BCUT2D eigenvalue weighted by atomic mass is 16.4. The molecule has 0 heterocycles. The molecule has 0 aliphatic heterocycles. The second kappa shape index (κ2) is 7.11. The highest BCUT2D eigenvalue weighted by molar-refractivity contribution is 5.93. The van der Waals surface area contributed by atoms with Crippen LogP contribution in [0.1, 0.15) is 52.0 Å². The number of hydrogen-bond donors (Lipinski definition) is 3. The quantitative estimate of drug-likeness (QED) is 0.750. The second-order valence-corrected chi connectivity index (χ2v) is 5.45. The molecule has 5 nitrogen and oxygen atoms in total. The van der Waals surface area contributed by atoms with Crippen LogP contribution < -0.4 is 10.6 Å². The number of aliphatic carboxylic acids is 1. The van der Waals surface area contributed by atoms with Crippen LogP contribution >= 0.6 is 0 Å². The second-order valence-electron chi connectivity index (χ2n) is 5.45. The van der Waals surface area contributed by atoms with Gasteiger partial charge in [-0.1, -0.05) is 39.8 Å². The van der Waals surface area contributed by atoms with Gasteiger partial charge in [0.25, 0.3) is 0 Å². The molecule has 0 bridgehead atoms. The third-order valence-electron chi connectivity index (χ3n) is 3.80. The van der Waals surface area contributed by atoms with Crippen LogP contribution in [0.25, 0.3) is 0 Å². The van der Waals surface area contributed by atoms with E-state index in [0.717, 1.165) is 0 Å². The summed E-state index contributed by atoms with van der Waals surface area (Å²) in [7, 11) is 0. The SMILES string of the molecule is CCC(CC)(NC(=O)Nc1ccc(C(C)C)cc1)C(=O)O. The predicted octanol–water partition coefficient (Wildman–Crippen LogP) is 3.57. The summed E-state index contributed by atoms with van der Waals surface area (Å²) in [6.45, 7) is 7.68. The number of carboxylic acids is 1. The zero-order chi connectivity index (χ0) is 16.0. The van der Waals surface area contributed by atoms with Crippen molar-refractivity contribution in [3.63, 3.8) is 0 Å². The number of hydrogen-bond acceptors (Lipinski definition) is 2. The van der Waals surface area contributed by atoms with Gasteiger partial charge in [0.05, 0.1) is 0 Å². The van der Waals surface area contributed by atoms with Crippen LogP contribution in [0, 0.1) is 0 Å². The molecule has 116 valence electrons. The Morgan fingerprint density at radius 1 is 1.14 bits per heavy atom. The number of carbonyl (C=O) groups is 2. The number of urea groups is 1. The summed E-state index contributed by atoms with van der Waals surface area (Å²) in [5.41, 5.74) is 0.605. The first-order chi connectivity index (χ1) is 9.84. The van der Waals surface area contributed by atoms with Crippen LogP contribution in [0.4, 0.5) is 10.5 Å². The standard InChI is InChI=1S/C16H24N2O3/c1-5-16(6-2,14(19)20)18-15(21)17-13-9-7-12(8-10-13)11(3)4/h7-11H,5-6H2,1-4H3,(H,19,20)(H2,17,18,21). The van der Waals surface area contributed by atoms with Crippen molar-refractivity contribution in [2.45, 2.75) is 52.0 Å². The van der Waals surface area contributed by atoms with Gasteiger partial charge in [0.2, 0.25) is 0 Å². The number of carbonyl (C=O) groups excluding carboxylic acids is 1. The minimum atomic E-state index is -1.22. The first-order valence-corrected chi connectivity index (χ1v) is 7.27. The summed E-state index contributed by atoms with van der Waals surface area (Å²) in [4.78, 5) is 23.3. The molecule has 0 spiro atoms. The summed E-state index contributed by atoms with van der Waals surface area (Å²) in [5, 5.41) is 14.5. The molecule has 0 unspecified atom stereocenters. The van der Waals surface area contributed by atoms with Crippen molar-refractivity contribution in [3.05, 3.63) is 29.8 Å². The largest absolute Gasteiger partial charge is 0.480 e. The van der Waals surface area contributed by atoms with Crippen LogP contribution in [0.15, 0.2) is 24.3 Å². The average Bonchev–Trinajstić information content (AvgIpc) is 2.45. The number of anilines is 1. The van der Waals surface area contributed by atoms with Crippen LogP contribution in [-0.2, 0) is 4.79 Å². The lowest BCUT2D eigenvalue weighted by Gasteiger charge is -2.28. The Balaban J connectivity index is 2.74. The van der Waals surface area contributed by atoms with Gasteiger partial charge in [-0.2, -0.15) is 0 Å². The van der Waals surface area contributed by atoms with Gasteiger partial charge in [-0.25, -0.2) is 9.59 Å². The number of rotatable bonds is 6. The molecular weight excluding hydrogens is 268 g/mol. The maximum absolute atomic E-state index is 12.0. The van der Waals surface area contributed by atoms with Gasteiger partial charge in [-0.3, -0.25) is 0 Å². The third-order valence-corrected chi connectivity index (χ3v) is 3.80. The minimum absolute atomic E-state index is 0.332. The maximum atomic E-state index is 12.0. The lowest BCUT2D eigenvalue weighted by atomic mass is 9.93. The molecule has 5 heteroatoms. The molecular formula is C16H24N2O3. The zero-order valence-electron chi connectivity index (χ0n) is 13.1. The molecule has 0 aromatic heterocycles. The van der Waals surface area contributed by atoms with E-state index in [1.54, 1.807) is 13.8 Å². The topological polar surface area (TPSA) is 78.4 Å². The van der Waals surface area contributed by atoms with E-state index in [0.29, 0.717) is 24.4 Å². The molecule has 0 fully saturated rings. The Bertz CT molecular complexity index is 491. The Morgan fingerprint density at radius 2 is 1.67 bits per heavy atom. The number of nitrogens with one attached hydrogen (secondary N) is 2. The molecule has 0 saturated carbocycles. The van der Waals surface area contributed by atoms with Gasteiger partial charge in [0.1, 0.15) is 5.54 Å². The van der Waals surface area contributed by atoms with Crippen molar-refractivity contribution >= 4 is 17.7 Å². The van der Waals surface area contributed by atoms with Crippen molar-refractivity contribution in [3.8, 4) is 0 Å². The Hall–Kier alpha value is -2.04. The van der Waals surface area contributed by atoms with Crippen LogP contribution in [0.5, 0.6) is 0 Å². The maximum Gasteiger partial charge on any atom is 0.329 e. The summed E-state index contributed by atoms with van der Waals surface area (Å²) < 4.78 is 0. The summed E-state index contributed by atoms with van der Waals surface area (Å²) in [5.74, 6) is -0.592. The molecule has 1 rings (SSSR count).